The second-order valence-corrected chi connectivity index (χ2v) is 6.19. The van der Waals surface area contributed by atoms with Crippen LogP contribution < -0.4 is 5.43 Å². The predicted molar refractivity (Wildman–Crippen MR) is 90.9 cm³/mol. The van der Waals surface area contributed by atoms with Gasteiger partial charge in [-0.2, -0.15) is 5.10 Å². The van der Waals surface area contributed by atoms with Crippen LogP contribution in [0.15, 0.2) is 35.1 Å². The normalized spacial score (nSPS) is 17.8. The van der Waals surface area contributed by atoms with Crippen molar-refractivity contribution in [3.8, 4) is 5.69 Å². The van der Waals surface area contributed by atoms with Gasteiger partial charge in [0.05, 0.1) is 30.0 Å². The average Bonchev–Trinajstić information content (AvgIpc) is 2.56. The molecule has 1 atom stereocenters. The van der Waals surface area contributed by atoms with Crippen LogP contribution in [0.25, 0.3) is 5.69 Å². The van der Waals surface area contributed by atoms with Gasteiger partial charge in [-0.3, -0.25) is 9.59 Å². The smallest absolute Gasteiger partial charge is 0.278 e. The standard InChI is InChI=1S/C17H18ClN3O3/c1-11-9-15(22)16(17(23)20-7-8-24-10-12(20)2)19-21(11)14-6-4-3-5-13(14)18/h3-6,9,12H,7-8,10H2,1-2H3/t12-/m0/s1. The van der Waals surface area contributed by atoms with E-state index in [1.807, 2.05) is 19.1 Å². The van der Waals surface area contributed by atoms with Crippen LogP contribution in [0.1, 0.15) is 23.1 Å². The van der Waals surface area contributed by atoms with Gasteiger partial charge in [0.2, 0.25) is 5.43 Å². The molecule has 7 heteroatoms. The molecule has 0 aliphatic carbocycles. The lowest BCUT2D eigenvalue weighted by molar-refractivity contribution is 0.00309. The van der Waals surface area contributed by atoms with E-state index in [-0.39, 0.29) is 23.1 Å². The lowest BCUT2D eigenvalue weighted by Crippen LogP contribution is -2.48. The molecule has 1 fully saturated rings. The van der Waals surface area contributed by atoms with E-state index in [2.05, 4.69) is 5.10 Å². The number of aromatic nitrogens is 2. The van der Waals surface area contributed by atoms with Gasteiger partial charge in [-0.1, -0.05) is 23.7 Å². The minimum Gasteiger partial charge on any atom is -0.377 e. The average molecular weight is 348 g/mol. The molecule has 0 unspecified atom stereocenters. The number of para-hydroxylation sites is 1. The van der Waals surface area contributed by atoms with E-state index in [1.165, 1.54) is 10.7 Å². The Morgan fingerprint density at radius 3 is 2.83 bits per heavy atom. The van der Waals surface area contributed by atoms with Crippen LogP contribution in [-0.4, -0.2) is 46.4 Å². The van der Waals surface area contributed by atoms with Gasteiger partial charge in [-0.05, 0) is 26.0 Å². The van der Waals surface area contributed by atoms with Crippen molar-refractivity contribution in [2.45, 2.75) is 19.9 Å². The quantitative estimate of drug-likeness (QED) is 0.834. The first kappa shape index (κ1) is 16.7. The largest absolute Gasteiger partial charge is 0.377 e. The van der Waals surface area contributed by atoms with E-state index in [9.17, 15) is 9.59 Å². The molecule has 3 rings (SSSR count). The third kappa shape index (κ3) is 3.07. The summed E-state index contributed by atoms with van der Waals surface area (Å²) in [7, 11) is 0. The summed E-state index contributed by atoms with van der Waals surface area (Å²) in [5.74, 6) is -0.378. The van der Waals surface area contributed by atoms with E-state index in [4.69, 9.17) is 16.3 Å². The Hall–Kier alpha value is -2.18. The Bertz CT molecular complexity index is 834. The fraction of sp³-hybridized carbons (Fsp3) is 0.353. The summed E-state index contributed by atoms with van der Waals surface area (Å²) in [4.78, 5) is 26.7. The minimum absolute atomic E-state index is 0.0949. The van der Waals surface area contributed by atoms with Crippen molar-refractivity contribution < 1.29 is 9.53 Å². The highest BCUT2D eigenvalue weighted by Crippen LogP contribution is 2.20. The molecular weight excluding hydrogens is 330 g/mol. The van der Waals surface area contributed by atoms with Crippen molar-refractivity contribution in [3.05, 3.63) is 57.0 Å². The van der Waals surface area contributed by atoms with Gasteiger partial charge < -0.3 is 9.64 Å². The van der Waals surface area contributed by atoms with Crippen LogP contribution in [0.2, 0.25) is 5.02 Å². The van der Waals surface area contributed by atoms with Crippen LogP contribution >= 0.6 is 11.6 Å². The number of hydrogen-bond acceptors (Lipinski definition) is 4. The molecule has 24 heavy (non-hydrogen) atoms. The highest BCUT2D eigenvalue weighted by atomic mass is 35.5. The highest BCUT2D eigenvalue weighted by molar-refractivity contribution is 6.32. The molecule has 1 aromatic carbocycles. The van der Waals surface area contributed by atoms with Crippen molar-refractivity contribution in [2.75, 3.05) is 19.8 Å². The van der Waals surface area contributed by atoms with Crippen molar-refractivity contribution in [1.82, 2.24) is 14.7 Å². The molecule has 2 aromatic rings. The summed E-state index contributed by atoms with van der Waals surface area (Å²) in [6.45, 7) is 5.00. The molecule has 1 aliphatic heterocycles. The number of halogens is 1. The Morgan fingerprint density at radius 2 is 2.12 bits per heavy atom. The fourth-order valence-electron chi connectivity index (χ4n) is 2.73. The Kier molecular flexibility index (Phi) is 4.69. The molecule has 0 saturated carbocycles. The summed E-state index contributed by atoms with van der Waals surface area (Å²) < 4.78 is 6.87. The van der Waals surface area contributed by atoms with Gasteiger partial charge in [0.25, 0.3) is 5.91 Å². The van der Waals surface area contributed by atoms with Crippen LogP contribution in [0, 0.1) is 6.92 Å². The SMILES string of the molecule is Cc1cc(=O)c(C(=O)N2CCOC[C@@H]2C)nn1-c1ccccc1Cl. The summed E-state index contributed by atoms with van der Waals surface area (Å²) in [5.41, 5.74) is 0.745. The molecule has 0 N–H and O–H groups in total. The zero-order chi connectivity index (χ0) is 17.3. The Morgan fingerprint density at radius 1 is 1.38 bits per heavy atom. The van der Waals surface area contributed by atoms with Gasteiger partial charge in [0, 0.05) is 18.3 Å². The van der Waals surface area contributed by atoms with Crippen LogP contribution in [0.4, 0.5) is 0 Å². The van der Waals surface area contributed by atoms with Gasteiger partial charge in [0.15, 0.2) is 5.69 Å². The number of rotatable bonds is 2. The lowest BCUT2D eigenvalue weighted by atomic mass is 10.2. The summed E-state index contributed by atoms with van der Waals surface area (Å²) in [6, 6.07) is 8.48. The monoisotopic (exact) mass is 347 g/mol. The molecule has 2 heterocycles. The maximum absolute atomic E-state index is 12.8. The summed E-state index contributed by atoms with van der Waals surface area (Å²) in [6.07, 6.45) is 0. The second-order valence-electron chi connectivity index (χ2n) is 5.78. The highest BCUT2D eigenvalue weighted by Gasteiger charge is 2.28. The third-order valence-corrected chi connectivity index (χ3v) is 4.34. The molecule has 0 spiro atoms. The number of nitrogens with zero attached hydrogens (tertiary/aromatic N) is 3. The predicted octanol–water partition coefficient (Wildman–Crippen LogP) is 2.06. The molecule has 126 valence electrons. The lowest BCUT2D eigenvalue weighted by Gasteiger charge is -2.32. The number of carbonyl (C=O) groups excluding carboxylic acids is 1. The molecule has 1 aromatic heterocycles. The maximum Gasteiger partial charge on any atom is 0.278 e. The van der Waals surface area contributed by atoms with Crippen LogP contribution in [0.3, 0.4) is 0 Å². The van der Waals surface area contributed by atoms with E-state index in [0.29, 0.717) is 36.2 Å². The van der Waals surface area contributed by atoms with Gasteiger partial charge in [-0.25, -0.2) is 4.68 Å². The number of hydrogen-bond donors (Lipinski definition) is 0. The van der Waals surface area contributed by atoms with E-state index < -0.39 is 0 Å². The number of ether oxygens (including phenoxy) is 1. The van der Waals surface area contributed by atoms with E-state index >= 15 is 0 Å². The minimum atomic E-state index is -0.389. The fourth-order valence-corrected chi connectivity index (χ4v) is 2.94. The first-order valence-electron chi connectivity index (χ1n) is 7.73. The zero-order valence-electron chi connectivity index (χ0n) is 13.5. The molecule has 1 amide bonds. The number of morpholine rings is 1. The van der Waals surface area contributed by atoms with Crippen molar-refractivity contribution >= 4 is 17.5 Å². The zero-order valence-corrected chi connectivity index (χ0v) is 14.3. The van der Waals surface area contributed by atoms with Gasteiger partial charge >= 0.3 is 0 Å². The van der Waals surface area contributed by atoms with Gasteiger partial charge in [0.1, 0.15) is 0 Å². The maximum atomic E-state index is 12.8. The third-order valence-electron chi connectivity index (χ3n) is 4.02. The van der Waals surface area contributed by atoms with E-state index in [0.717, 1.165) is 0 Å². The topological polar surface area (TPSA) is 64.4 Å². The number of benzene rings is 1. The van der Waals surface area contributed by atoms with Crippen LogP contribution in [-0.2, 0) is 4.74 Å². The number of amides is 1. The molecular formula is C17H18ClN3O3. The molecule has 0 radical (unpaired) electrons. The molecule has 1 saturated heterocycles. The number of aryl methyl sites for hydroxylation is 1. The van der Waals surface area contributed by atoms with Crippen molar-refractivity contribution in [3.63, 3.8) is 0 Å². The van der Waals surface area contributed by atoms with Crippen LogP contribution in [0.5, 0.6) is 0 Å². The first-order chi connectivity index (χ1) is 11.5. The Labute approximate surface area is 144 Å². The Balaban J connectivity index is 2.06. The number of carbonyl (C=O) groups is 1. The van der Waals surface area contributed by atoms with Crippen molar-refractivity contribution in [1.29, 1.82) is 0 Å². The second kappa shape index (κ2) is 6.75. The summed E-state index contributed by atoms with van der Waals surface area (Å²) >= 11 is 6.22. The van der Waals surface area contributed by atoms with Gasteiger partial charge in [-0.15, -0.1) is 0 Å². The molecule has 6 nitrogen and oxygen atoms in total. The molecule has 1 aliphatic rings. The summed E-state index contributed by atoms with van der Waals surface area (Å²) in [5, 5.41) is 4.80. The van der Waals surface area contributed by atoms with E-state index in [1.54, 1.807) is 24.0 Å². The van der Waals surface area contributed by atoms with Crippen molar-refractivity contribution in [2.24, 2.45) is 0 Å². The molecule has 0 bridgehead atoms. The first-order valence-corrected chi connectivity index (χ1v) is 8.11.